The Balaban J connectivity index is 0.627. The smallest absolute Gasteiger partial charge is 0.255 e. The lowest BCUT2D eigenvalue weighted by atomic mass is 9.91. The molecule has 0 spiro atoms. The number of aryl methyl sites for hydroxylation is 1. The molecule has 11 rings (SSSR count). The molecule has 2 aromatic carbocycles. The number of carbonyl (C=O) groups excluding carboxylic acids is 2. The number of likely N-dealkylation sites (tertiary alicyclic amines) is 1. The van der Waals surface area contributed by atoms with Crippen molar-refractivity contribution in [2.75, 3.05) is 41.8 Å². The second kappa shape index (κ2) is 22.1. The van der Waals surface area contributed by atoms with Crippen molar-refractivity contribution in [1.82, 2.24) is 45.1 Å². The average molecular weight is 1060 g/mol. The van der Waals surface area contributed by atoms with Gasteiger partial charge in [-0.3, -0.25) is 9.59 Å². The van der Waals surface area contributed by atoms with Gasteiger partial charge in [0.05, 0.1) is 29.7 Å². The predicted octanol–water partition coefficient (Wildman–Crippen LogP) is 6.56. The Morgan fingerprint density at radius 1 is 0.859 bits per heavy atom. The number of hydrogen-bond donors (Lipinski definition) is 4. The highest BCUT2D eigenvalue weighted by atomic mass is 16.5. The van der Waals surface area contributed by atoms with Gasteiger partial charge in [0.25, 0.3) is 5.88 Å². The molecule has 5 N–H and O–H groups in total. The number of anilines is 3. The number of ether oxygens (including phenoxy) is 3. The minimum atomic E-state index is -0.866. The molecule has 7 aromatic rings. The quantitative estimate of drug-likeness (QED) is 0.0749. The molecule has 5 aromatic heterocycles. The van der Waals surface area contributed by atoms with Gasteiger partial charge in [0.15, 0.2) is 18.2 Å². The zero-order valence-corrected chi connectivity index (χ0v) is 43.8. The maximum Gasteiger partial charge on any atom is 0.255 e. The van der Waals surface area contributed by atoms with Crippen LogP contribution in [0.2, 0.25) is 0 Å². The first-order valence-corrected chi connectivity index (χ1v) is 26.5. The van der Waals surface area contributed by atoms with Gasteiger partial charge in [-0.05, 0) is 97.8 Å². The number of pyridine rings is 2. The number of rotatable bonds is 16. The number of aliphatic hydroxyl groups is 1. The third kappa shape index (κ3) is 11.0. The summed E-state index contributed by atoms with van der Waals surface area (Å²) in [7, 11) is 0. The summed E-state index contributed by atoms with van der Waals surface area (Å²) in [6.07, 6.45) is 9.80. The fourth-order valence-corrected chi connectivity index (χ4v) is 11.1. The van der Waals surface area contributed by atoms with Crippen LogP contribution < -0.4 is 35.1 Å². The first kappa shape index (κ1) is 51.4. The third-order valence-electron chi connectivity index (χ3n) is 15.2. The molecule has 4 fully saturated rings. The number of piperazine rings is 1. The molecule has 3 saturated heterocycles. The molecule has 1 aliphatic carbocycles. The number of nitrogens with zero attached hydrogens (tertiary/aromatic N) is 10. The number of aromatic nitrogens is 7. The van der Waals surface area contributed by atoms with Gasteiger partial charge in [-0.25, -0.2) is 15.0 Å². The van der Waals surface area contributed by atoms with E-state index in [2.05, 4.69) is 57.3 Å². The van der Waals surface area contributed by atoms with E-state index >= 15 is 0 Å². The molecule has 3 aliphatic heterocycles. The minimum absolute atomic E-state index is 0.0146. The van der Waals surface area contributed by atoms with Crippen LogP contribution in [0.5, 0.6) is 23.3 Å². The Labute approximate surface area is 451 Å². The summed E-state index contributed by atoms with van der Waals surface area (Å²) in [5.74, 6) is 7.30. The van der Waals surface area contributed by atoms with Crippen molar-refractivity contribution in [3.63, 3.8) is 0 Å². The summed E-state index contributed by atoms with van der Waals surface area (Å²) in [6.45, 7) is 9.14. The number of imidazole rings is 1. The fraction of sp³-hybridized carbons (Fsp3) is 0.379. The average Bonchev–Trinajstić information content (AvgIpc) is 4.28. The van der Waals surface area contributed by atoms with Crippen LogP contribution in [-0.2, 0) is 9.59 Å². The van der Waals surface area contributed by atoms with Crippen molar-refractivity contribution in [3.8, 4) is 52.0 Å². The van der Waals surface area contributed by atoms with Crippen LogP contribution in [0.25, 0.3) is 16.9 Å². The number of fused-ring (bicyclic) bond motifs is 2. The molecule has 1 saturated carbocycles. The molecule has 4 aliphatic rings. The minimum Gasteiger partial charge on any atom is -0.507 e. The van der Waals surface area contributed by atoms with Gasteiger partial charge in [0, 0.05) is 98.6 Å². The highest BCUT2D eigenvalue weighted by Crippen LogP contribution is 2.41. The van der Waals surface area contributed by atoms with E-state index in [-0.39, 0.29) is 85.0 Å². The Bertz CT molecular complexity index is 3320. The zero-order chi connectivity index (χ0) is 54.0. The SMILES string of the molecule is Cc1nccn1-c1ccc([C@H](C)NC(=O)[C@@H]2C[C@@H](O)CN2C(=O)[C@@H](c2cc(OCC#Cc3ccc(O[C@H]4C[C@H](Oc5cc(N6C7CCC6CN(c6cc(-c8ccccc8O)nnc6N)C7)ccn5)C4)cn3)no2)C(C)C)cc1. The topological polar surface area (TPSA) is 245 Å². The Hall–Kier alpha value is -8.70. The highest BCUT2D eigenvalue weighted by Gasteiger charge is 2.44. The molecule has 20 heteroatoms. The van der Waals surface area contributed by atoms with Crippen LogP contribution in [0, 0.1) is 24.7 Å². The summed E-state index contributed by atoms with van der Waals surface area (Å²) in [4.78, 5) is 47.4. The van der Waals surface area contributed by atoms with Gasteiger partial charge < -0.3 is 59.3 Å². The molecule has 2 amide bonds. The van der Waals surface area contributed by atoms with Gasteiger partial charge in [-0.15, -0.1) is 10.2 Å². The molecule has 20 nitrogen and oxygen atoms in total. The van der Waals surface area contributed by atoms with Gasteiger partial charge in [-0.1, -0.05) is 44.0 Å². The van der Waals surface area contributed by atoms with E-state index in [0.717, 1.165) is 54.4 Å². The predicted molar refractivity (Wildman–Crippen MR) is 289 cm³/mol. The first-order valence-electron chi connectivity index (χ1n) is 26.5. The number of carbonyl (C=O) groups is 2. The second-order valence-corrected chi connectivity index (χ2v) is 20.8. The summed E-state index contributed by atoms with van der Waals surface area (Å²) in [5, 5.41) is 36.8. The number of para-hydroxylation sites is 1. The zero-order valence-electron chi connectivity index (χ0n) is 43.8. The Kier molecular flexibility index (Phi) is 14.6. The molecule has 402 valence electrons. The number of nitrogen functional groups attached to an aromatic ring is 1. The molecule has 8 heterocycles. The fourth-order valence-electron chi connectivity index (χ4n) is 11.1. The first-order chi connectivity index (χ1) is 37.8. The Morgan fingerprint density at radius 2 is 1.64 bits per heavy atom. The number of β-amino-alcohol motifs (C(OH)–C–C–N with tert-alkyl or cyclic N) is 1. The Morgan fingerprint density at radius 3 is 2.37 bits per heavy atom. The number of phenols is 1. The summed E-state index contributed by atoms with van der Waals surface area (Å²) >= 11 is 0. The molecule has 6 atom stereocenters. The van der Waals surface area contributed by atoms with E-state index < -0.39 is 18.1 Å². The molecule has 78 heavy (non-hydrogen) atoms. The second-order valence-electron chi connectivity index (χ2n) is 20.8. The van der Waals surface area contributed by atoms with Gasteiger partial charge in [0.1, 0.15) is 47.2 Å². The summed E-state index contributed by atoms with van der Waals surface area (Å²) < 4.78 is 26.0. The normalized spacial score (nSPS) is 21.3. The van der Waals surface area contributed by atoms with Crippen LogP contribution in [0.4, 0.5) is 17.2 Å². The van der Waals surface area contributed by atoms with Gasteiger partial charge in [-0.2, -0.15) is 0 Å². The maximum absolute atomic E-state index is 14.2. The van der Waals surface area contributed by atoms with E-state index in [0.29, 0.717) is 47.2 Å². The van der Waals surface area contributed by atoms with Crippen molar-refractivity contribution < 1.29 is 38.5 Å². The number of benzene rings is 2. The summed E-state index contributed by atoms with van der Waals surface area (Å²) in [6, 6.07) is 25.4. The lowest BCUT2D eigenvalue weighted by Crippen LogP contribution is -2.54. The van der Waals surface area contributed by atoms with Crippen LogP contribution in [0.1, 0.15) is 87.7 Å². The highest BCUT2D eigenvalue weighted by molar-refractivity contribution is 5.91. The standard InChI is InChI=1S/C58H62N12O8/c1-34(2)55(58(74)69-33-43(71)25-50(69)57(73)63-35(3)37-11-14-39(15-12-37)68-22-21-60-36(68)4)52-29-54(66-78-52)75-23-7-8-38-13-18-44(30-62-38)76-45-26-46(27-45)77-53-24-40(19-20-61-53)70-41-16-17-42(70)32-67(31-41)49-28-48(64-65-56(49)59)47-9-5-6-10-51(47)72/h5-6,9-15,18-22,24,28-30,34-35,41-43,45-46,50,55,71-72H,16-17,23,25-27,31-33H2,1-4H3,(H2,59,65)(H,63,73)/t35-,41?,42?,43+,45-,46-,50-,55+/m0/s1. The molecule has 2 bridgehead atoms. The largest absolute Gasteiger partial charge is 0.507 e. The van der Waals surface area contributed by atoms with Gasteiger partial charge in [0.2, 0.25) is 17.7 Å². The van der Waals surface area contributed by atoms with Crippen LogP contribution >= 0.6 is 0 Å². The maximum atomic E-state index is 14.2. The van der Waals surface area contributed by atoms with Crippen molar-refractivity contribution in [2.45, 2.75) is 108 Å². The van der Waals surface area contributed by atoms with Crippen molar-refractivity contribution in [1.29, 1.82) is 0 Å². The van der Waals surface area contributed by atoms with E-state index in [1.54, 1.807) is 36.7 Å². The van der Waals surface area contributed by atoms with Crippen molar-refractivity contribution in [3.05, 3.63) is 133 Å². The number of hydrogen-bond acceptors (Lipinski definition) is 17. The number of aliphatic hydroxyl groups excluding tert-OH is 1. The van der Waals surface area contributed by atoms with Crippen LogP contribution in [0.3, 0.4) is 0 Å². The summed E-state index contributed by atoms with van der Waals surface area (Å²) in [5.41, 5.74) is 11.9. The lowest BCUT2D eigenvalue weighted by molar-refractivity contribution is -0.141. The molecule has 0 radical (unpaired) electrons. The molecular formula is C58H62N12O8. The number of nitrogens with one attached hydrogen (secondary N) is 1. The van der Waals surface area contributed by atoms with E-state index in [4.69, 9.17) is 24.5 Å². The third-order valence-corrected chi connectivity index (χ3v) is 15.2. The van der Waals surface area contributed by atoms with Gasteiger partial charge >= 0.3 is 0 Å². The van der Waals surface area contributed by atoms with E-state index in [1.807, 2.05) is 105 Å². The van der Waals surface area contributed by atoms with Crippen molar-refractivity contribution >= 4 is 29.0 Å². The number of nitrogens with two attached hydrogens (primary N) is 1. The molecule has 2 unspecified atom stereocenters. The lowest BCUT2D eigenvalue weighted by Gasteiger charge is -2.43. The number of amides is 2. The van der Waals surface area contributed by atoms with Crippen LogP contribution in [0.15, 0.2) is 114 Å². The molecular weight excluding hydrogens is 993 g/mol. The monoisotopic (exact) mass is 1050 g/mol. The number of aromatic hydroxyl groups is 1. The van der Waals surface area contributed by atoms with Crippen molar-refractivity contribution in [2.24, 2.45) is 5.92 Å². The van der Waals surface area contributed by atoms with Crippen LogP contribution in [-0.4, -0.2) is 124 Å². The number of phenolic OH excluding ortho intramolecular Hbond substituents is 1. The van der Waals surface area contributed by atoms with E-state index in [1.165, 1.54) is 4.90 Å². The van der Waals surface area contributed by atoms with E-state index in [9.17, 15) is 19.8 Å².